The van der Waals surface area contributed by atoms with Gasteiger partial charge in [-0.2, -0.15) is 4.98 Å². The maximum absolute atomic E-state index is 11.7. The van der Waals surface area contributed by atoms with Crippen molar-refractivity contribution in [3.05, 3.63) is 86.9 Å². The smallest absolute Gasteiger partial charge is 0.311 e. The third kappa shape index (κ3) is 7.90. The summed E-state index contributed by atoms with van der Waals surface area (Å²) in [6.07, 6.45) is 3.86. The zero-order valence-electron chi connectivity index (χ0n) is 29.5. The highest BCUT2D eigenvalue weighted by molar-refractivity contribution is 6.36. The number of hydrogen-bond donors (Lipinski definition) is 3. The van der Waals surface area contributed by atoms with Crippen LogP contribution in [-0.2, 0) is 29.0 Å². The molecule has 2 aliphatic carbocycles. The van der Waals surface area contributed by atoms with E-state index in [-0.39, 0.29) is 29.3 Å². The number of Topliss-reactive ketones (excluding diaryl/α,β-unsaturated/α-hetero) is 1. The quantitative estimate of drug-likeness (QED) is 0.111. The Balaban J connectivity index is 1.20. The van der Waals surface area contributed by atoms with Gasteiger partial charge in [0, 0.05) is 41.6 Å². The van der Waals surface area contributed by atoms with E-state index >= 15 is 0 Å². The molecule has 12 heteroatoms. The second kappa shape index (κ2) is 16.2. The lowest BCUT2D eigenvalue weighted by atomic mass is 9.85. The molecule has 1 fully saturated rings. The first-order chi connectivity index (χ1) is 25.0. The second-order valence-corrected chi connectivity index (χ2v) is 14.6. The largest absolute Gasteiger partial charge is 0.481 e. The van der Waals surface area contributed by atoms with Crippen LogP contribution in [0.4, 0.5) is 0 Å². The fraction of sp³-hybridized carbons (Fsp3) is 0.400. The number of nitrogens with zero attached hydrogens (tertiary/aromatic N) is 2. The number of rotatable bonds is 15. The number of carbonyl (C=O) groups is 2. The molecule has 0 saturated heterocycles. The molecular weight excluding hydrogens is 705 g/mol. The normalized spacial score (nSPS) is 17.8. The molecule has 0 unspecified atom stereocenters. The lowest BCUT2D eigenvalue weighted by Crippen LogP contribution is -2.32. The Morgan fingerprint density at radius 1 is 0.942 bits per heavy atom. The molecule has 0 aliphatic heterocycles. The molecule has 6 rings (SSSR count). The van der Waals surface area contributed by atoms with E-state index in [9.17, 15) is 19.8 Å². The number of aliphatic hydroxyl groups excluding tert-OH is 1. The van der Waals surface area contributed by atoms with Gasteiger partial charge in [0.15, 0.2) is 0 Å². The van der Waals surface area contributed by atoms with Gasteiger partial charge < -0.3 is 29.7 Å². The number of ether oxygens (including phenoxy) is 3. The Morgan fingerprint density at radius 2 is 1.67 bits per heavy atom. The van der Waals surface area contributed by atoms with Crippen LogP contribution in [-0.4, -0.2) is 59.3 Å². The maximum Gasteiger partial charge on any atom is 0.311 e. The molecule has 0 spiro atoms. The summed E-state index contributed by atoms with van der Waals surface area (Å²) in [4.78, 5) is 32.7. The summed E-state index contributed by atoms with van der Waals surface area (Å²) in [5.74, 6) is 0.681. The molecule has 2 aliphatic rings. The highest BCUT2D eigenvalue weighted by Gasteiger charge is 2.33. The minimum Gasteiger partial charge on any atom is -0.481 e. The van der Waals surface area contributed by atoms with E-state index < -0.39 is 18.0 Å². The Hall–Kier alpha value is -4.22. The molecule has 2 heterocycles. The van der Waals surface area contributed by atoms with Crippen molar-refractivity contribution in [1.82, 2.24) is 15.3 Å². The van der Waals surface area contributed by atoms with Gasteiger partial charge in [-0.05, 0) is 80.3 Å². The molecule has 10 nitrogen and oxygen atoms in total. The topological polar surface area (TPSA) is 140 Å². The number of carboxylic acids is 1. The average Bonchev–Trinajstić information content (AvgIpc) is 3.76. The molecule has 0 bridgehead atoms. The van der Waals surface area contributed by atoms with Crippen molar-refractivity contribution in [2.24, 2.45) is 11.3 Å². The Kier molecular flexibility index (Phi) is 11.7. The molecule has 2 aromatic heterocycles. The number of benzene rings is 2. The van der Waals surface area contributed by atoms with Crippen LogP contribution in [0.3, 0.4) is 0 Å². The Labute approximate surface area is 313 Å². The fourth-order valence-electron chi connectivity index (χ4n) is 7.07. The number of halogens is 2. The average molecular weight is 749 g/mol. The number of aromatic nitrogens is 2. The molecule has 3 atom stereocenters. The highest BCUT2D eigenvalue weighted by atomic mass is 35.5. The maximum atomic E-state index is 11.7. The number of nitrogens with one attached hydrogen (secondary N) is 1. The summed E-state index contributed by atoms with van der Waals surface area (Å²) in [7, 11) is 3.10. The molecule has 3 N–H and O–H groups in total. The number of aliphatic carboxylic acids is 1. The van der Waals surface area contributed by atoms with Gasteiger partial charge in [-0.25, -0.2) is 4.98 Å². The van der Waals surface area contributed by atoms with Gasteiger partial charge in [0.2, 0.25) is 17.6 Å². The van der Waals surface area contributed by atoms with Crippen molar-refractivity contribution in [3.8, 4) is 40.0 Å². The van der Waals surface area contributed by atoms with Crippen molar-refractivity contribution in [2.45, 2.75) is 64.5 Å². The second-order valence-electron chi connectivity index (χ2n) is 13.8. The van der Waals surface area contributed by atoms with Gasteiger partial charge in [0.05, 0.1) is 37.0 Å². The van der Waals surface area contributed by atoms with Crippen LogP contribution in [0.1, 0.15) is 67.4 Å². The molecule has 4 aromatic rings. The van der Waals surface area contributed by atoms with E-state index in [0.29, 0.717) is 66.1 Å². The minimum absolute atomic E-state index is 0.174. The van der Waals surface area contributed by atoms with Crippen LogP contribution in [0, 0.1) is 11.3 Å². The monoisotopic (exact) mass is 747 g/mol. The first-order valence-electron chi connectivity index (χ1n) is 17.5. The predicted molar refractivity (Wildman–Crippen MR) is 199 cm³/mol. The number of pyridine rings is 2. The van der Waals surface area contributed by atoms with Crippen LogP contribution >= 0.6 is 23.2 Å². The Morgan fingerprint density at radius 3 is 2.38 bits per heavy atom. The third-order valence-electron chi connectivity index (χ3n) is 10.3. The van der Waals surface area contributed by atoms with Crippen molar-refractivity contribution >= 4 is 35.0 Å². The van der Waals surface area contributed by atoms with Crippen molar-refractivity contribution < 1.29 is 34.0 Å². The fourth-order valence-corrected chi connectivity index (χ4v) is 7.61. The molecule has 0 radical (unpaired) electrons. The molecular formula is C40H43Cl2N3O7. The molecule has 1 saturated carbocycles. The van der Waals surface area contributed by atoms with Gasteiger partial charge in [-0.1, -0.05) is 65.7 Å². The molecule has 274 valence electrons. The van der Waals surface area contributed by atoms with Crippen LogP contribution in [0.2, 0.25) is 10.0 Å². The van der Waals surface area contributed by atoms with E-state index in [1.165, 1.54) is 14.0 Å². The van der Waals surface area contributed by atoms with E-state index in [4.69, 9.17) is 42.4 Å². The standard InChI is InChI=1S/C40H43Cl2N3O7/c1-40(22-46,39(48)49)17-16-24-19-32(41)38(45-36(24)50-2)52-34-15-13-28-27(6-4-7-29(28)34)30-8-5-9-31(35(30)42)33-14-11-25(37(44-33)51-3)21-43-20-23-10-12-26(47)18-23/h4-9,11,14,19,23,34,43,46H,10,12-13,15-18,20-22H2,1-3H3,(H,48,49)/t23-,34+,40+/m1/s1. The lowest BCUT2D eigenvalue weighted by molar-refractivity contribution is -0.150. The summed E-state index contributed by atoms with van der Waals surface area (Å²) in [6, 6.07) is 17.7. The van der Waals surface area contributed by atoms with E-state index in [2.05, 4.69) is 16.4 Å². The van der Waals surface area contributed by atoms with Gasteiger partial charge >= 0.3 is 5.97 Å². The molecule has 2 aromatic carbocycles. The predicted octanol–water partition coefficient (Wildman–Crippen LogP) is 7.68. The summed E-state index contributed by atoms with van der Waals surface area (Å²) >= 11 is 13.8. The first-order valence-corrected chi connectivity index (χ1v) is 18.2. The third-order valence-corrected chi connectivity index (χ3v) is 10.9. The summed E-state index contributed by atoms with van der Waals surface area (Å²) in [5, 5.41) is 23.5. The van der Waals surface area contributed by atoms with E-state index in [0.717, 1.165) is 52.8 Å². The van der Waals surface area contributed by atoms with Crippen LogP contribution in [0.15, 0.2) is 54.6 Å². The van der Waals surface area contributed by atoms with Crippen molar-refractivity contribution in [2.75, 3.05) is 27.4 Å². The van der Waals surface area contributed by atoms with E-state index in [1.807, 2.05) is 42.5 Å². The van der Waals surface area contributed by atoms with Gasteiger partial charge in [-0.3, -0.25) is 9.59 Å². The number of fused-ring (bicyclic) bond motifs is 1. The summed E-state index contributed by atoms with van der Waals surface area (Å²) < 4.78 is 17.6. The number of methoxy groups -OCH3 is 2. The van der Waals surface area contributed by atoms with Crippen LogP contribution in [0.5, 0.6) is 17.6 Å². The summed E-state index contributed by atoms with van der Waals surface area (Å²) in [5.41, 5.74) is 5.77. The number of hydrogen-bond acceptors (Lipinski definition) is 9. The lowest BCUT2D eigenvalue weighted by Gasteiger charge is -2.22. The van der Waals surface area contributed by atoms with E-state index in [1.54, 1.807) is 13.2 Å². The SMILES string of the molecule is COc1nc(-c2cccc(-c3cccc4c3CC[C@@H]4Oc3nc(OC)c(CC[C@@](C)(CO)C(=O)O)cc3Cl)c2Cl)ccc1CNC[C@@H]1CCC(=O)C1. The number of aryl methyl sites for hydroxylation is 1. The van der Waals surface area contributed by atoms with Crippen molar-refractivity contribution in [3.63, 3.8) is 0 Å². The van der Waals surface area contributed by atoms with Gasteiger partial charge in [0.25, 0.3) is 0 Å². The zero-order chi connectivity index (χ0) is 37.0. The zero-order valence-corrected chi connectivity index (χ0v) is 31.0. The first kappa shape index (κ1) is 37.5. The molecule has 52 heavy (non-hydrogen) atoms. The number of ketones is 1. The van der Waals surface area contributed by atoms with Gasteiger partial charge in [0.1, 0.15) is 16.9 Å². The number of carbonyl (C=O) groups excluding carboxylic acids is 1. The number of aliphatic hydroxyl groups is 1. The van der Waals surface area contributed by atoms with Crippen LogP contribution < -0.4 is 19.5 Å². The highest BCUT2D eigenvalue weighted by Crippen LogP contribution is 2.45. The summed E-state index contributed by atoms with van der Waals surface area (Å²) in [6.45, 7) is 2.37. The molecule has 0 amide bonds. The van der Waals surface area contributed by atoms with Gasteiger partial charge in [-0.15, -0.1) is 0 Å². The minimum atomic E-state index is -1.30. The van der Waals surface area contributed by atoms with Crippen LogP contribution in [0.25, 0.3) is 22.4 Å². The Bertz CT molecular complexity index is 1970. The van der Waals surface area contributed by atoms with Crippen molar-refractivity contribution in [1.29, 1.82) is 0 Å². The number of carboxylic acid groups (broad SMARTS) is 1.